The zero-order valence-electron chi connectivity index (χ0n) is 48.7. The molecule has 0 saturated heterocycles. The first-order valence-corrected chi connectivity index (χ1v) is 31.8. The summed E-state index contributed by atoms with van der Waals surface area (Å²) in [6, 6.07) is 0. The second-order valence-electron chi connectivity index (χ2n) is 21.3. The van der Waals surface area contributed by atoms with Crippen LogP contribution in [0.3, 0.4) is 0 Å². The lowest BCUT2D eigenvalue weighted by Gasteiger charge is -2.18. The Morgan fingerprint density at radius 2 is 0.507 bits per heavy atom. The molecule has 1 unspecified atom stereocenters. The summed E-state index contributed by atoms with van der Waals surface area (Å²) in [5, 5.41) is 0. The van der Waals surface area contributed by atoms with Crippen LogP contribution in [-0.4, -0.2) is 37.2 Å². The molecule has 0 spiro atoms. The molecule has 1 atom stereocenters. The van der Waals surface area contributed by atoms with Crippen LogP contribution in [0.25, 0.3) is 0 Å². The van der Waals surface area contributed by atoms with Crippen molar-refractivity contribution in [3.8, 4) is 0 Å². The van der Waals surface area contributed by atoms with Gasteiger partial charge in [0.2, 0.25) is 0 Å². The van der Waals surface area contributed by atoms with Crippen LogP contribution in [0.4, 0.5) is 0 Å². The number of hydrogen-bond donors (Lipinski definition) is 0. The number of rotatable bonds is 58. The third-order valence-corrected chi connectivity index (χ3v) is 14.0. The van der Waals surface area contributed by atoms with E-state index in [-0.39, 0.29) is 31.1 Å². The summed E-state index contributed by atoms with van der Waals surface area (Å²) in [6.07, 6.45) is 77.9. The fourth-order valence-corrected chi connectivity index (χ4v) is 9.17. The molecule has 0 N–H and O–H groups in total. The Kier molecular flexibility index (Phi) is 59.2. The van der Waals surface area contributed by atoms with E-state index in [1.807, 2.05) is 0 Å². The second kappa shape index (κ2) is 61.7. The number of ether oxygens (including phenoxy) is 3. The maximum Gasteiger partial charge on any atom is 0.306 e. The highest BCUT2D eigenvalue weighted by molar-refractivity contribution is 5.71. The molecule has 73 heavy (non-hydrogen) atoms. The lowest BCUT2D eigenvalue weighted by Crippen LogP contribution is -2.30. The van der Waals surface area contributed by atoms with Gasteiger partial charge in [0.05, 0.1) is 0 Å². The van der Waals surface area contributed by atoms with Gasteiger partial charge in [0.1, 0.15) is 13.2 Å². The molecule has 0 aromatic rings. The van der Waals surface area contributed by atoms with Crippen molar-refractivity contribution < 1.29 is 28.6 Å². The predicted molar refractivity (Wildman–Crippen MR) is 316 cm³/mol. The molecule has 0 radical (unpaired) electrons. The Balaban J connectivity index is 4.34. The van der Waals surface area contributed by atoms with E-state index in [1.54, 1.807) is 0 Å². The number of carbonyl (C=O) groups excluding carboxylic acids is 3. The molecule has 0 aliphatic rings. The van der Waals surface area contributed by atoms with Crippen molar-refractivity contribution in [1.29, 1.82) is 0 Å². The van der Waals surface area contributed by atoms with Crippen molar-refractivity contribution in [2.24, 2.45) is 0 Å². The van der Waals surface area contributed by atoms with E-state index in [1.165, 1.54) is 186 Å². The Morgan fingerprint density at radius 1 is 0.274 bits per heavy atom. The van der Waals surface area contributed by atoms with Crippen LogP contribution < -0.4 is 0 Å². The Labute approximate surface area is 453 Å². The fraction of sp³-hybridized carbons (Fsp3) is 0.806. The van der Waals surface area contributed by atoms with Crippen molar-refractivity contribution in [2.75, 3.05) is 13.2 Å². The minimum Gasteiger partial charge on any atom is -0.462 e. The minimum absolute atomic E-state index is 0.0813. The highest BCUT2D eigenvalue weighted by atomic mass is 16.6. The Hall–Kier alpha value is -2.89. The van der Waals surface area contributed by atoms with Gasteiger partial charge in [-0.2, -0.15) is 0 Å². The van der Waals surface area contributed by atoms with Gasteiger partial charge in [-0.15, -0.1) is 0 Å². The van der Waals surface area contributed by atoms with Crippen molar-refractivity contribution in [2.45, 2.75) is 335 Å². The molecule has 424 valence electrons. The molecule has 0 heterocycles. The maximum atomic E-state index is 12.9. The zero-order chi connectivity index (χ0) is 52.9. The molecule has 0 rings (SSSR count). The summed E-state index contributed by atoms with van der Waals surface area (Å²) in [5.74, 6) is -0.892. The van der Waals surface area contributed by atoms with Crippen LogP contribution in [0.1, 0.15) is 329 Å². The number of esters is 3. The van der Waals surface area contributed by atoms with Gasteiger partial charge >= 0.3 is 17.9 Å². The van der Waals surface area contributed by atoms with E-state index in [2.05, 4.69) is 81.5 Å². The van der Waals surface area contributed by atoms with Gasteiger partial charge in [-0.3, -0.25) is 14.4 Å². The van der Waals surface area contributed by atoms with Crippen molar-refractivity contribution >= 4 is 17.9 Å². The van der Waals surface area contributed by atoms with Crippen LogP contribution in [-0.2, 0) is 28.6 Å². The molecule has 0 saturated carbocycles. The summed E-state index contributed by atoms with van der Waals surface area (Å²) < 4.78 is 16.9. The van der Waals surface area contributed by atoms with Gasteiger partial charge in [0.15, 0.2) is 6.10 Å². The van der Waals surface area contributed by atoms with E-state index in [0.29, 0.717) is 19.3 Å². The smallest absolute Gasteiger partial charge is 0.306 e. The van der Waals surface area contributed by atoms with Crippen LogP contribution in [0.5, 0.6) is 0 Å². The number of hydrogen-bond acceptors (Lipinski definition) is 6. The van der Waals surface area contributed by atoms with E-state index < -0.39 is 6.10 Å². The summed E-state index contributed by atoms with van der Waals surface area (Å²) in [4.78, 5) is 38.3. The first kappa shape index (κ1) is 70.1. The number of allylic oxidation sites excluding steroid dienone is 10. The molecule has 0 aromatic heterocycles. The van der Waals surface area contributed by atoms with Crippen LogP contribution in [0, 0.1) is 0 Å². The van der Waals surface area contributed by atoms with Gasteiger partial charge in [0, 0.05) is 19.3 Å². The second-order valence-corrected chi connectivity index (χ2v) is 21.3. The lowest BCUT2D eigenvalue weighted by atomic mass is 10.0. The zero-order valence-corrected chi connectivity index (χ0v) is 48.7. The highest BCUT2D eigenvalue weighted by Gasteiger charge is 2.19. The van der Waals surface area contributed by atoms with Crippen LogP contribution in [0.15, 0.2) is 60.8 Å². The molecular weight excluding hydrogens is 901 g/mol. The van der Waals surface area contributed by atoms with E-state index in [9.17, 15) is 14.4 Å². The summed E-state index contributed by atoms with van der Waals surface area (Å²) in [6.45, 7) is 6.60. The minimum atomic E-state index is -0.787. The first-order valence-electron chi connectivity index (χ1n) is 31.8. The topological polar surface area (TPSA) is 78.9 Å². The molecule has 6 nitrogen and oxygen atoms in total. The largest absolute Gasteiger partial charge is 0.462 e. The SMILES string of the molecule is CCCC/C=C\C/C=C\CCCCCCCC(=O)OCC(COC(=O)CCCCCCCCCCCCCCCCCCCCCCCC)OC(=O)CCCCCCCC/C=C\C/C=C\C/C=C\CCCCC. The third kappa shape index (κ3) is 59.9. The van der Waals surface area contributed by atoms with E-state index in [0.717, 1.165) is 103 Å². The lowest BCUT2D eigenvalue weighted by molar-refractivity contribution is -0.167. The highest BCUT2D eigenvalue weighted by Crippen LogP contribution is 2.17. The van der Waals surface area contributed by atoms with Gasteiger partial charge in [0.25, 0.3) is 0 Å². The number of unbranched alkanes of at least 4 members (excludes halogenated alkanes) is 37. The Bertz CT molecular complexity index is 1310. The maximum absolute atomic E-state index is 12.9. The first-order chi connectivity index (χ1) is 36.0. The molecule has 0 bridgehead atoms. The predicted octanol–water partition coefficient (Wildman–Crippen LogP) is 21.6. The standard InChI is InChI=1S/C67H120O6/c1-4-7-10-13-16-19-22-25-28-30-32-33-34-36-37-39-42-45-48-51-54-57-60-66(69)72-63-64(62-71-65(68)59-56-53-50-47-44-41-27-24-21-18-15-12-9-6-3)73-67(70)61-58-55-52-49-46-43-40-38-35-31-29-26-23-20-17-14-11-8-5-2/h15,17-18,20,24,26-27,29,35,38,64H,4-14,16,19,21-23,25,28,30-34,36-37,39-63H2,1-3H3/b18-15-,20-17-,27-24-,29-26-,38-35-. The summed E-state index contributed by atoms with van der Waals surface area (Å²) in [5.41, 5.74) is 0. The molecular formula is C67H120O6. The molecule has 6 heteroatoms. The normalized spacial score (nSPS) is 12.4. The molecule has 0 fully saturated rings. The van der Waals surface area contributed by atoms with Gasteiger partial charge in [-0.05, 0) is 83.5 Å². The molecule has 0 aliphatic heterocycles. The van der Waals surface area contributed by atoms with Crippen molar-refractivity contribution in [3.63, 3.8) is 0 Å². The average Bonchev–Trinajstić information content (AvgIpc) is 3.39. The quantitative estimate of drug-likeness (QED) is 0.0261. The average molecular weight is 1020 g/mol. The molecule has 0 aliphatic carbocycles. The molecule has 0 amide bonds. The van der Waals surface area contributed by atoms with Gasteiger partial charge < -0.3 is 14.2 Å². The summed E-state index contributed by atoms with van der Waals surface area (Å²) >= 11 is 0. The van der Waals surface area contributed by atoms with Crippen LogP contribution in [0.2, 0.25) is 0 Å². The monoisotopic (exact) mass is 1020 g/mol. The fourth-order valence-electron chi connectivity index (χ4n) is 9.17. The third-order valence-electron chi connectivity index (χ3n) is 14.0. The van der Waals surface area contributed by atoms with E-state index in [4.69, 9.17) is 14.2 Å². The van der Waals surface area contributed by atoms with Crippen molar-refractivity contribution in [3.05, 3.63) is 60.8 Å². The Morgan fingerprint density at radius 3 is 0.836 bits per heavy atom. The van der Waals surface area contributed by atoms with Gasteiger partial charge in [-0.25, -0.2) is 0 Å². The molecule has 0 aromatic carbocycles. The van der Waals surface area contributed by atoms with Crippen molar-refractivity contribution in [1.82, 2.24) is 0 Å². The van der Waals surface area contributed by atoms with Crippen LogP contribution >= 0.6 is 0 Å². The summed E-state index contributed by atoms with van der Waals surface area (Å²) in [7, 11) is 0. The van der Waals surface area contributed by atoms with E-state index >= 15 is 0 Å². The number of carbonyl (C=O) groups is 3. The van der Waals surface area contributed by atoms with Gasteiger partial charge in [-0.1, -0.05) is 287 Å².